The summed E-state index contributed by atoms with van der Waals surface area (Å²) in [6.07, 6.45) is 3.46. The molecule has 0 aromatic heterocycles. The Hall–Kier alpha value is -1.44. The first-order valence-corrected chi connectivity index (χ1v) is 3.97. The van der Waals surface area contributed by atoms with Crippen LogP contribution in [0, 0.1) is 5.92 Å². The SMILES string of the molecule is O=CC1C=Nc2ccccc2C1. The number of benzene rings is 1. The normalized spacial score (nSPS) is 20.2. The summed E-state index contributed by atoms with van der Waals surface area (Å²) >= 11 is 0. The Morgan fingerprint density at radius 2 is 2.25 bits per heavy atom. The quantitative estimate of drug-likeness (QED) is 0.574. The van der Waals surface area contributed by atoms with Gasteiger partial charge in [-0.1, -0.05) is 18.2 Å². The molecule has 0 aliphatic carbocycles. The van der Waals surface area contributed by atoms with Gasteiger partial charge in [0.2, 0.25) is 0 Å². The molecule has 1 aliphatic rings. The van der Waals surface area contributed by atoms with Gasteiger partial charge in [-0.25, -0.2) is 0 Å². The fraction of sp³-hybridized carbons (Fsp3) is 0.200. The Morgan fingerprint density at radius 3 is 3.08 bits per heavy atom. The summed E-state index contributed by atoms with van der Waals surface area (Å²) in [5.41, 5.74) is 2.16. The van der Waals surface area contributed by atoms with Crippen molar-refractivity contribution in [3.8, 4) is 0 Å². The van der Waals surface area contributed by atoms with Crippen molar-refractivity contribution in [3.63, 3.8) is 0 Å². The van der Waals surface area contributed by atoms with Gasteiger partial charge in [-0.2, -0.15) is 0 Å². The van der Waals surface area contributed by atoms with Gasteiger partial charge in [0.15, 0.2) is 0 Å². The molecule has 1 unspecified atom stereocenters. The first-order chi connectivity index (χ1) is 5.90. The molecule has 0 fully saturated rings. The summed E-state index contributed by atoms with van der Waals surface area (Å²) in [5, 5.41) is 0. The van der Waals surface area contributed by atoms with Crippen molar-refractivity contribution in [3.05, 3.63) is 29.8 Å². The number of carbonyl (C=O) groups excluding carboxylic acids is 1. The van der Waals surface area contributed by atoms with E-state index in [1.165, 1.54) is 0 Å². The number of carbonyl (C=O) groups is 1. The lowest BCUT2D eigenvalue weighted by molar-refractivity contribution is -0.109. The van der Waals surface area contributed by atoms with E-state index in [0.717, 1.165) is 24.0 Å². The van der Waals surface area contributed by atoms with Crippen LogP contribution in [0.1, 0.15) is 5.56 Å². The van der Waals surface area contributed by atoms with Gasteiger partial charge in [-0.15, -0.1) is 0 Å². The number of nitrogens with zero attached hydrogens (tertiary/aromatic N) is 1. The zero-order valence-corrected chi connectivity index (χ0v) is 6.60. The minimum atomic E-state index is -0.0279. The van der Waals surface area contributed by atoms with E-state index in [4.69, 9.17) is 0 Å². The molecule has 0 N–H and O–H groups in total. The van der Waals surface area contributed by atoms with Crippen molar-refractivity contribution in [2.45, 2.75) is 6.42 Å². The van der Waals surface area contributed by atoms with Crippen LogP contribution in [0.15, 0.2) is 29.3 Å². The van der Waals surface area contributed by atoms with E-state index in [0.29, 0.717) is 0 Å². The van der Waals surface area contributed by atoms with Gasteiger partial charge in [0.1, 0.15) is 6.29 Å². The first kappa shape index (κ1) is 7.22. The van der Waals surface area contributed by atoms with Crippen molar-refractivity contribution < 1.29 is 4.79 Å². The van der Waals surface area contributed by atoms with Crippen LogP contribution in [0.3, 0.4) is 0 Å². The number of aliphatic imine (C=N–C) groups is 1. The van der Waals surface area contributed by atoms with Gasteiger partial charge in [-0.05, 0) is 18.1 Å². The van der Waals surface area contributed by atoms with Crippen molar-refractivity contribution in [2.75, 3.05) is 0 Å². The predicted octanol–water partition coefficient (Wildman–Crippen LogP) is 1.76. The zero-order chi connectivity index (χ0) is 8.39. The van der Waals surface area contributed by atoms with E-state index in [9.17, 15) is 4.79 Å². The second kappa shape index (κ2) is 2.89. The van der Waals surface area contributed by atoms with Gasteiger partial charge >= 0.3 is 0 Å². The second-order valence-corrected chi connectivity index (χ2v) is 2.91. The molecule has 0 saturated carbocycles. The van der Waals surface area contributed by atoms with E-state index < -0.39 is 0 Å². The van der Waals surface area contributed by atoms with Crippen molar-refractivity contribution in [2.24, 2.45) is 10.9 Å². The van der Waals surface area contributed by atoms with E-state index in [-0.39, 0.29) is 5.92 Å². The molecule has 1 aliphatic heterocycles. The molecule has 2 rings (SSSR count). The lowest BCUT2D eigenvalue weighted by Crippen LogP contribution is -2.10. The predicted molar refractivity (Wildman–Crippen MR) is 47.9 cm³/mol. The molecule has 1 aromatic carbocycles. The lowest BCUT2D eigenvalue weighted by atomic mass is 9.98. The molecule has 12 heavy (non-hydrogen) atoms. The highest BCUT2D eigenvalue weighted by molar-refractivity contribution is 5.85. The highest BCUT2D eigenvalue weighted by Gasteiger charge is 2.12. The molecule has 1 heterocycles. The number of hydrogen-bond acceptors (Lipinski definition) is 2. The first-order valence-electron chi connectivity index (χ1n) is 3.97. The average Bonchev–Trinajstić information content (AvgIpc) is 2.17. The molecule has 0 amide bonds. The summed E-state index contributed by atoms with van der Waals surface area (Å²) in [6.45, 7) is 0. The average molecular weight is 159 g/mol. The summed E-state index contributed by atoms with van der Waals surface area (Å²) in [7, 11) is 0. The van der Waals surface area contributed by atoms with Crippen molar-refractivity contribution >= 4 is 18.2 Å². The standard InChI is InChI=1S/C10H9NO/c12-7-8-5-9-3-1-2-4-10(9)11-6-8/h1-4,6-8H,5H2. The van der Waals surface area contributed by atoms with Gasteiger partial charge in [0.05, 0.1) is 11.6 Å². The third-order valence-electron chi connectivity index (χ3n) is 2.03. The van der Waals surface area contributed by atoms with E-state index in [1.807, 2.05) is 24.3 Å². The Bertz CT molecular complexity index is 330. The summed E-state index contributed by atoms with van der Waals surface area (Å²) < 4.78 is 0. The molecule has 0 bridgehead atoms. The van der Waals surface area contributed by atoms with Crippen LogP contribution in [0.2, 0.25) is 0 Å². The molecule has 1 aromatic rings. The van der Waals surface area contributed by atoms with Crippen molar-refractivity contribution in [1.29, 1.82) is 0 Å². The Kier molecular flexibility index (Phi) is 1.74. The third kappa shape index (κ3) is 1.16. The van der Waals surface area contributed by atoms with Crippen molar-refractivity contribution in [1.82, 2.24) is 0 Å². The van der Waals surface area contributed by atoms with E-state index >= 15 is 0 Å². The minimum absolute atomic E-state index is 0.0279. The van der Waals surface area contributed by atoms with Crippen LogP contribution in [-0.4, -0.2) is 12.5 Å². The number of para-hydroxylation sites is 1. The van der Waals surface area contributed by atoms with Crippen LogP contribution < -0.4 is 0 Å². The second-order valence-electron chi connectivity index (χ2n) is 2.91. The van der Waals surface area contributed by atoms with Crippen LogP contribution in [0.5, 0.6) is 0 Å². The van der Waals surface area contributed by atoms with Crippen LogP contribution in [-0.2, 0) is 11.2 Å². The van der Waals surface area contributed by atoms with Crippen LogP contribution >= 0.6 is 0 Å². The monoisotopic (exact) mass is 159 g/mol. The van der Waals surface area contributed by atoms with E-state index in [1.54, 1.807) is 6.21 Å². The zero-order valence-electron chi connectivity index (χ0n) is 6.60. The molecule has 2 nitrogen and oxygen atoms in total. The molecule has 0 radical (unpaired) electrons. The minimum Gasteiger partial charge on any atom is -0.303 e. The summed E-state index contributed by atoms with van der Waals surface area (Å²) in [5.74, 6) is -0.0279. The number of aldehydes is 1. The molecule has 0 spiro atoms. The van der Waals surface area contributed by atoms with E-state index in [2.05, 4.69) is 4.99 Å². The van der Waals surface area contributed by atoms with Gasteiger partial charge in [0, 0.05) is 6.21 Å². The highest BCUT2D eigenvalue weighted by atomic mass is 16.1. The maximum atomic E-state index is 10.5. The number of fused-ring (bicyclic) bond motifs is 1. The third-order valence-corrected chi connectivity index (χ3v) is 2.03. The van der Waals surface area contributed by atoms with Crippen LogP contribution in [0.25, 0.3) is 0 Å². The Labute approximate surface area is 70.9 Å². The smallest absolute Gasteiger partial charge is 0.128 e. The van der Waals surface area contributed by atoms with Gasteiger partial charge in [0.25, 0.3) is 0 Å². The fourth-order valence-electron chi connectivity index (χ4n) is 1.38. The molecule has 2 heteroatoms. The molecular weight excluding hydrogens is 150 g/mol. The molecule has 60 valence electrons. The maximum Gasteiger partial charge on any atom is 0.128 e. The molecular formula is C10H9NO. The number of rotatable bonds is 1. The Morgan fingerprint density at radius 1 is 1.42 bits per heavy atom. The highest BCUT2D eigenvalue weighted by Crippen LogP contribution is 2.24. The molecule has 1 atom stereocenters. The fourth-order valence-corrected chi connectivity index (χ4v) is 1.38. The summed E-state index contributed by atoms with van der Waals surface area (Å²) in [6, 6.07) is 7.91. The van der Waals surface area contributed by atoms with Gasteiger partial charge in [-0.3, -0.25) is 4.99 Å². The number of hydrogen-bond donors (Lipinski definition) is 0. The van der Waals surface area contributed by atoms with Gasteiger partial charge < -0.3 is 4.79 Å². The molecule has 0 saturated heterocycles. The topological polar surface area (TPSA) is 29.4 Å². The lowest BCUT2D eigenvalue weighted by Gasteiger charge is -2.12. The summed E-state index contributed by atoms with van der Waals surface area (Å²) in [4.78, 5) is 14.7. The van der Waals surface area contributed by atoms with Crippen LogP contribution in [0.4, 0.5) is 5.69 Å². The maximum absolute atomic E-state index is 10.5. The largest absolute Gasteiger partial charge is 0.303 e. The Balaban J connectivity index is 2.39.